The van der Waals surface area contributed by atoms with E-state index in [0.717, 1.165) is 50.4 Å². The molecule has 150 valence electrons. The average molecular weight is 384 g/mol. The largest absolute Gasteiger partial charge is 0.375 e. The Kier molecular flexibility index (Phi) is 7.13. The van der Waals surface area contributed by atoms with Crippen molar-refractivity contribution >= 4 is 23.4 Å². The molecule has 0 atom stereocenters. The number of likely N-dealkylation sites (tertiary alicyclic amines) is 1. The number of aromatic nitrogens is 3. The molecule has 0 spiro atoms. The summed E-state index contributed by atoms with van der Waals surface area (Å²) in [6, 6.07) is 5.97. The first kappa shape index (κ1) is 20.0. The van der Waals surface area contributed by atoms with Gasteiger partial charge in [-0.05, 0) is 49.3 Å². The van der Waals surface area contributed by atoms with Gasteiger partial charge in [-0.1, -0.05) is 0 Å². The van der Waals surface area contributed by atoms with Gasteiger partial charge < -0.3 is 20.3 Å². The highest BCUT2D eigenvalue weighted by molar-refractivity contribution is 5.77. The molecule has 0 unspecified atom stereocenters. The van der Waals surface area contributed by atoms with E-state index in [2.05, 4.69) is 37.7 Å². The van der Waals surface area contributed by atoms with Gasteiger partial charge in [-0.15, -0.1) is 0 Å². The number of pyridine rings is 1. The van der Waals surface area contributed by atoms with Crippen molar-refractivity contribution in [1.29, 1.82) is 0 Å². The molecule has 0 bridgehead atoms. The number of anilines is 3. The molecule has 0 saturated carbocycles. The minimum atomic E-state index is 0.0944. The van der Waals surface area contributed by atoms with Crippen LogP contribution in [0.5, 0.6) is 0 Å². The Morgan fingerprint density at radius 2 is 1.93 bits per heavy atom. The van der Waals surface area contributed by atoms with Crippen LogP contribution in [0.1, 0.15) is 24.8 Å². The van der Waals surface area contributed by atoms with Crippen molar-refractivity contribution in [3.8, 4) is 0 Å². The van der Waals surface area contributed by atoms with Crippen LogP contribution in [-0.2, 0) is 16.0 Å². The van der Waals surface area contributed by atoms with Crippen molar-refractivity contribution in [2.24, 2.45) is 5.92 Å². The van der Waals surface area contributed by atoms with Crippen LogP contribution in [0.2, 0.25) is 0 Å². The Morgan fingerprint density at radius 1 is 1.18 bits per heavy atom. The summed E-state index contributed by atoms with van der Waals surface area (Å²) in [7, 11) is 3.38. The molecule has 1 saturated heterocycles. The van der Waals surface area contributed by atoms with Crippen LogP contribution in [0.15, 0.2) is 30.7 Å². The average Bonchev–Trinajstić information content (AvgIpc) is 2.73. The SMILES string of the molecule is CNc1cc(Nc2cc(CCC3CCN(C(=O)COC)CC3)ccn2)ncn1. The molecule has 0 aliphatic carbocycles. The lowest BCUT2D eigenvalue weighted by atomic mass is 9.90. The summed E-state index contributed by atoms with van der Waals surface area (Å²) >= 11 is 0. The Labute approximate surface area is 165 Å². The van der Waals surface area contributed by atoms with Crippen LogP contribution in [0.25, 0.3) is 0 Å². The van der Waals surface area contributed by atoms with Gasteiger partial charge in [0.25, 0.3) is 0 Å². The van der Waals surface area contributed by atoms with Crippen molar-refractivity contribution in [2.75, 3.05) is 44.5 Å². The second-order valence-electron chi connectivity index (χ2n) is 7.01. The van der Waals surface area contributed by atoms with Crippen LogP contribution in [0.4, 0.5) is 17.5 Å². The summed E-state index contributed by atoms with van der Waals surface area (Å²) in [6.07, 6.45) is 7.57. The number of aryl methyl sites for hydroxylation is 1. The quantitative estimate of drug-likeness (QED) is 0.722. The Hall–Kier alpha value is -2.74. The fourth-order valence-corrected chi connectivity index (χ4v) is 3.45. The van der Waals surface area contributed by atoms with E-state index in [1.165, 1.54) is 11.9 Å². The highest BCUT2D eigenvalue weighted by Gasteiger charge is 2.22. The number of methoxy groups -OCH3 is 1. The molecular weight excluding hydrogens is 356 g/mol. The zero-order valence-corrected chi connectivity index (χ0v) is 16.5. The summed E-state index contributed by atoms with van der Waals surface area (Å²) in [5.74, 6) is 2.98. The third-order valence-electron chi connectivity index (χ3n) is 5.08. The van der Waals surface area contributed by atoms with Gasteiger partial charge in [-0.25, -0.2) is 15.0 Å². The van der Waals surface area contributed by atoms with E-state index >= 15 is 0 Å². The second kappa shape index (κ2) is 9.98. The van der Waals surface area contributed by atoms with Crippen molar-refractivity contribution in [3.63, 3.8) is 0 Å². The van der Waals surface area contributed by atoms with E-state index in [9.17, 15) is 4.79 Å². The van der Waals surface area contributed by atoms with Crippen molar-refractivity contribution in [1.82, 2.24) is 19.9 Å². The van der Waals surface area contributed by atoms with Gasteiger partial charge in [0.05, 0.1) is 0 Å². The molecular formula is C20H28N6O2. The molecule has 3 heterocycles. The molecule has 28 heavy (non-hydrogen) atoms. The van der Waals surface area contributed by atoms with Gasteiger partial charge in [-0.2, -0.15) is 0 Å². The van der Waals surface area contributed by atoms with Crippen molar-refractivity contribution in [3.05, 3.63) is 36.3 Å². The van der Waals surface area contributed by atoms with Gasteiger partial charge in [0.15, 0.2) is 0 Å². The third kappa shape index (κ3) is 5.63. The topological polar surface area (TPSA) is 92.3 Å². The lowest BCUT2D eigenvalue weighted by Crippen LogP contribution is -2.40. The zero-order valence-electron chi connectivity index (χ0n) is 16.5. The van der Waals surface area contributed by atoms with Crippen molar-refractivity contribution in [2.45, 2.75) is 25.7 Å². The van der Waals surface area contributed by atoms with E-state index in [1.54, 1.807) is 7.11 Å². The lowest BCUT2D eigenvalue weighted by Gasteiger charge is -2.32. The Morgan fingerprint density at radius 3 is 2.68 bits per heavy atom. The third-order valence-corrected chi connectivity index (χ3v) is 5.08. The molecule has 0 radical (unpaired) electrons. The Bertz CT molecular complexity index is 777. The maximum absolute atomic E-state index is 11.9. The standard InChI is InChI=1S/C20H28N6O2/c1-21-17-12-19(24-14-23-17)25-18-11-16(5-8-22-18)4-3-15-6-9-26(10-7-15)20(27)13-28-2/h5,8,11-12,14-15H,3-4,6-7,9-10,13H2,1-2H3,(H2,21,22,23,24,25). The molecule has 1 aliphatic rings. The highest BCUT2D eigenvalue weighted by atomic mass is 16.5. The molecule has 2 aromatic rings. The number of rotatable bonds is 8. The first-order valence-electron chi connectivity index (χ1n) is 9.66. The van der Waals surface area contributed by atoms with Crippen LogP contribution in [0.3, 0.4) is 0 Å². The number of nitrogens with one attached hydrogen (secondary N) is 2. The lowest BCUT2D eigenvalue weighted by molar-refractivity contribution is -0.136. The number of carbonyl (C=O) groups excluding carboxylic acids is 1. The number of ether oxygens (including phenoxy) is 1. The summed E-state index contributed by atoms with van der Waals surface area (Å²) in [5, 5.41) is 6.22. The number of piperidine rings is 1. The van der Waals surface area contributed by atoms with Gasteiger partial charge in [0.1, 0.15) is 30.4 Å². The zero-order chi connectivity index (χ0) is 19.8. The molecule has 2 N–H and O–H groups in total. The first-order chi connectivity index (χ1) is 13.7. The number of nitrogens with zero attached hydrogens (tertiary/aromatic N) is 4. The first-order valence-corrected chi connectivity index (χ1v) is 9.66. The minimum absolute atomic E-state index is 0.0944. The molecule has 1 fully saturated rings. The maximum atomic E-state index is 11.9. The van der Waals surface area contributed by atoms with Gasteiger partial charge >= 0.3 is 0 Å². The predicted molar refractivity (Wildman–Crippen MR) is 109 cm³/mol. The summed E-state index contributed by atoms with van der Waals surface area (Å²) in [5.41, 5.74) is 1.25. The number of carbonyl (C=O) groups is 1. The molecule has 3 rings (SSSR count). The molecule has 8 heteroatoms. The number of hydrogen-bond acceptors (Lipinski definition) is 7. The smallest absolute Gasteiger partial charge is 0.248 e. The molecule has 0 aromatic carbocycles. The predicted octanol–water partition coefficient (Wildman–Crippen LogP) is 2.47. The summed E-state index contributed by atoms with van der Waals surface area (Å²) in [4.78, 5) is 26.5. The maximum Gasteiger partial charge on any atom is 0.248 e. The molecule has 1 aliphatic heterocycles. The highest BCUT2D eigenvalue weighted by Crippen LogP contribution is 2.23. The van der Waals surface area contributed by atoms with E-state index in [0.29, 0.717) is 11.7 Å². The van der Waals surface area contributed by atoms with E-state index < -0.39 is 0 Å². The normalized spacial score (nSPS) is 14.7. The van der Waals surface area contributed by atoms with Crippen LogP contribution < -0.4 is 10.6 Å². The Balaban J connectivity index is 1.49. The fourth-order valence-electron chi connectivity index (χ4n) is 3.45. The van der Waals surface area contributed by atoms with E-state index in [-0.39, 0.29) is 12.5 Å². The summed E-state index contributed by atoms with van der Waals surface area (Å²) in [6.45, 7) is 1.84. The van der Waals surface area contributed by atoms with Gasteiger partial charge in [-0.3, -0.25) is 4.79 Å². The van der Waals surface area contributed by atoms with Crippen molar-refractivity contribution < 1.29 is 9.53 Å². The van der Waals surface area contributed by atoms with Crippen LogP contribution in [-0.4, -0.2) is 59.6 Å². The van der Waals surface area contributed by atoms with Gasteiger partial charge in [0.2, 0.25) is 5.91 Å². The number of hydrogen-bond donors (Lipinski definition) is 2. The monoisotopic (exact) mass is 384 g/mol. The van der Waals surface area contributed by atoms with Gasteiger partial charge in [0, 0.05) is 39.5 Å². The fraction of sp³-hybridized carbons (Fsp3) is 0.500. The van der Waals surface area contributed by atoms with E-state index in [1.807, 2.05) is 24.2 Å². The summed E-state index contributed by atoms with van der Waals surface area (Å²) < 4.78 is 4.94. The molecule has 1 amide bonds. The molecule has 8 nitrogen and oxygen atoms in total. The molecule has 2 aromatic heterocycles. The van der Waals surface area contributed by atoms with Crippen LogP contribution >= 0.6 is 0 Å². The van der Waals surface area contributed by atoms with E-state index in [4.69, 9.17) is 4.74 Å². The van der Waals surface area contributed by atoms with Crippen LogP contribution in [0, 0.1) is 5.92 Å². The minimum Gasteiger partial charge on any atom is -0.375 e. The second-order valence-corrected chi connectivity index (χ2v) is 7.01. The number of amides is 1.